The van der Waals surface area contributed by atoms with Crippen molar-refractivity contribution in [2.24, 2.45) is 5.73 Å². The Morgan fingerprint density at radius 1 is 1.78 bits per heavy atom. The fourth-order valence-corrected chi connectivity index (χ4v) is 1.50. The minimum atomic E-state index is 0.322. The second kappa shape index (κ2) is 2.24. The van der Waals surface area contributed by atoms with Crippen LogP contribution in [0.25, 0.3) is 0 Å². The Morgan fingerprint density at radius 2 is 2.33 bits per heavy atom. The SMILES string of the molecule is CC1=C(N)N(C)C(I)N1. The largest absolute Gasteiger partial charge is 0.384 e. The van der Waals surface area contributed by atoms with Crippen molar-refractivity contribution in [1.82, 2.24) is 10.2 Å². The van der Waals surface area contributed by atoms with Gasteiger partial charge >= 0.3 is 0 Å². The molecule has 0 aromatic carbocycles. The highest BCUT2D eigenvalue weighted by atomic mass is 127. The Hall–Kier alpha value is -0.130. The summed E-state index contributed by atoms with van der Waals surface area (Å²) in [5.41, 5.74) is 6.72. The standard InChI is InChI=1S/C5H10IN3/c1-3-4(7)9(2)5(6)8-3/h5,8H,7H2,1-2H3. The van der Waals surface area contributed by atoms with Crippen LogP contribution in [0.1, 0.15) is 6.92 Å². The van der Waals surface area contributed by atoms with Crippen molar-refractivity contribution in [3.63, 3.8) is 0 Å². The number of hydrogen-bond donors (Lipinski definition) is 2. The summed E-state index contributed by atoms with van der Waals surface area (Å²) in [6.07, 6.45) is 0. The zero-order chi connectivity index (χ0) is 7.02. The predicted molar refractivity (Wildman–Crippen MR) is 45.6 cm³/mol. The molecule has 0 bridgehead atoms. The third-order valence-corrected chi connectivity index (χ3v) is 2.59. The van der Waals surface area contributed by atoms with E-state index >= 15 is 0 Å². The van der Waals surface area contributed by atoms with E-state index in [-0.39, 0.29) is 0 Å². The third kappa shape index (κ3) is 1.08. The Kier molecular flexibility index (Phi) is 1.74. The molecule has 0 radical (unpaired) electrons. The first kappa shape index (κ1) is 6.98. The number of nitrogens with one attached hydrogen (secondary N) is 1. The lowest BCUT2D eigenvalue weighted by Gasteiger charge is -2.16. The minimum Gasteiger partial charge on any atom is -0.384 e. The molecule has 0 saturated heterocycles. The summed E-state index contributed by atoms with van der Waals surface area (Å²) < 4.78 is 0.322. The van der Waals surface area contributed by atoms with Crippen molar-refractivity contribution in [2.45, 2.75) is 11.1 Å². The van der Waals surface area contributed by atoms with Gasteiger partial charge in [-0.3, -0.25) is 0 Å². The highest BCUT2D eigenvalue weighted by Crippen LogP contribution is 2.16. The van der Waals surface area contributed by atoms with E-state index < -0.39 is 0 Å². The molecule has 1 aliphatic rings. The first-order valence-corrected chi connectivity index (χ1v) is 3.97. The topological polar surface area (TPSA) is 41.3 Å². The number of nitrogens with zero attached hydrogens (tertiary/aromatic N) is 1. The van der Waals surface area contributed by atoms with Gasteiger partial charge < -0.3 is 16.0 Å². The maximum Gasteiger partial charge on any atom is 0.153 e. The molecule has 1 atom stereocenters. The zero-order valence-electron chi connectivity index (χ0n) is 5.48. The molecule has 0 saturated carbocycles. The molecule has 0 fully saturated rings. The molecule has 1 heterocycles. The maximum atomic E-state index is 5.65. The molecule has 0 aromatic rings. The number of hydrogen-bond acceptors (Lipinski definition) is 3. The molecule has 9 heavy (non-hydrogen) atoms. The summed E-state index contributed by atoms with van der Waals surface area (Å²) in [5, 5.41) is 3.18. The van der Waals surface area contributed by atoms with Crippen LogP contribution in [0.3, 0.4) is 0 Å². The van der Waals surface area contributed by atoms with Gasteiger partial charge in [0.05, 0.1) is 5.70 Å². The lowest BCUT2D eigenvalue weighted by Crippen LogP contribution is -2.29. The molecule has 3 nitrogen and oxygen atoms in total. The molecule has 4 heteroatoms. The molecule has 1 rings (SSSR count). The van der Waals surface area contributed by atoms with Gasteiger partial charge in [0.15, 0.2) is 4.17 Å². The molecule has 3 N–H and O–H groups in total. The van der Waals surface area contributed by atoms with Crippen molar-refractivity contribution >= 4 is 22.6 Å². The van der Waals surface area contributed by atoms with Gasteiger partial charge in [0.1, 0.15) is 5.82 Å². The Labute approximate surface area is 68.4 Å². The Balaban J connectivity index is 2.74. The Morgan fingerprint density at radius 3 is 2.44 bits per heavy atom. The van der Waals surface area contributed by atoms with E-state index in [2.05, 4.69) is 27.9 Å². The van der Waals surface area contributed by atoms with E-state index in [1.54, 1.807) is 0 Å². The Bertz CT molecular complexity index is 154. The van der Waals surface area contributed by atoms with E-state index in [0.29, 0.717) is 4.17 Å². The van der Waals surface area contributed by atoms with Gasteiger partial charge in [-0.25, -0.2) is 0 Å². The highest BCUT2D eigenvalue weighted by molar-refractivity contribution is 14.1. The molecule has 0 spiro atoms. The van der Waals surface area contributed by atoms with E-state index in [0.717, 1.165) is 11.5 Å². The van der Waals surface area contributed by atoms with Gasteiger partial charge in [0.2, 0.25) is 0 Å². The van der Waals surface area contributed by atoms with Gasteiger partial charge in [-0.1, -0.05) is 0 Å². The molecular weight excluding hydrogens is 229 g/mol. The monoisotopic (exact) mass is 239 g/mol. The molecule has 0 amide bonds. The van der Waals surface area contributed by atoms with E-state index in [4.69, 9.17) is 5.73 Å². The van der Waals surface area contributed by atoms with E-state index in [1.165, 1.54) is 0 Å². The van der Waals surface area contributed by atoms with Crippen LogP contribution in [0.15, 0.2) is 11.5 Å². The van der Waals surface area contributed by atoms with Crippen molar-refractivity contribution in [3.8, 4) is 0 Å². The van der Waals surface area contributed by atoms with E-state index in [9.17, 15) is 0 Å². The first-order valence-electron chi connectivity index (χ1n) is 2.72. The zero-order valence-corrected chi connectivity index (χ0v) is 7.64. The second-order valence-corrected chi connectivity index (χ2v) is 3.28. The van der Waals surface area contributed by atoms with Crippen molar-refractivity contribution in [1.29, 1.82) is 0 Å². The van der Waals surface area contributed by atoms with Crippen LogP contribution in [0, 0.1) is 0 Å². The average molecular weight is 239 g/mol. The lowest BCUT2D eigenvalue weighted by molar-refractivity contribution is 0.419. The van der Waals surface area contributed by atoms with Gasteiger partial charge in [-0.2, -0.15) is 0 Å². The van der Waals surface area contributed by atoms with Gasteiger partial charge in [0, 0.05) is 7.05 Å². The normalized spacial score (nSPS) is 27.0. The quantitative estimate of drug-likeness (QED) is 0.365. The number of nitrogens with two attached hydrogens (primary N) is 1. The molecular formula is C5H10IN3. The fraction of sp³-hybridized carbons (Fsp3) is 0.600. The van der Waals surface area contributed by atoms with Crippen LogP contribution in [-0.4, -0.2) is 16.1 Å². The summed E-state index contributed by atoms with van der Waals surface area (Å²) in [7, 11) is 1.97. The van der Waals surface area contributed by atoms with Gasteiger partial charge in [-0.05, 0) is 29.5 Å². The number of alkyl halides is 1. The second-order valence-electron chi connectivity index (χ2n) is 2.10. The van der Waals surface area contributed by atoms with Gasteiger partial charge in [0.25, 0.3) is 0 Å². The van der Waals surface area contributed by atoms with Crippen LogP contribution in [0.4, 0.5) is 0 Å². The van der Waals surface area contributed by atoms with Crippen LogP contribution in [-0.2, 0) is 0 Å². The van der Waals surface area contributed by atoms with Crippen molar-refractivity contribution < 1.29 is 0 Å². The van der Waals surface area contributed by atoms with Crippen LogP contribution < -0.4 is 11.1 Å². The van der Waals surface area contributed by atoms with Crippen LogP contribution in [0.2, 0.25) is 0 Å². The summed E-state index contributed by atoms with van der Waals surface area (Å²) in [6, 6.07) is 0. The lowest BCUT2D eigenvalue weighted by atomic mass is 10.5. The smallest absolute Gasteiger partial charge is 0.153 e. The summed E-state index contributed by atoms with van der Waals surface area (Å²) in [4.78, 5) is 2.00. The fourth-order valence-electron chi connectivity index (χ4n) is 0.736. The van der Waals surface area contributed by atoms with Crippen LogP contribution >= 0.6 is 22.6 Å². The number of halogens is 1. The summed E-state index contributed by atoms with van der Waals surface area (Å²) >= 11 is 2.28. The van der Waals surface area contributed by atoms with Crippen LogP contribution in [0.5, 0.6) is 0 Å². The first-order chi connectivity index (χ1) is 4.13. The highest BCUT2D eigenvalue weighted by Gasteiger charge is 2.20. The molecule has 0 aliphatic carbocycles. The maximum absolute atomic E-state index is 5.65. The molecule has 0 aromatic heterocycles. The summed E-state index contributed by atoms with van der Waals surface area (Å²) in [5.74, 6) is 0.842. The number of allylic oxidation sites excluding steroid dienone is 1. The molecule has 1 unspecified atom stereocenters. The van der Waals surface area contributed by atoms with Gasteiger partial charge in [-0.15, -0.1) is 0 Å². The number of rotatable bonds is 0. The predicted octanol–water partition coefficient (Wildman–Crippen LogP) is 0.388. The molecule has 52 valence electrons. The van der Waals surface area contributed by atoms with E-state index in [1.807, 2.05) is 18.9 Å². The summed E-state index contributed by atoms with van der Waals surface area (Å²) in [6.45, 7) is 1.98. The van der Waals surface area contributed by atoms with Crippen molar-refractivity contribution in [3.05, 3.63) is 11.5 Å². The third-order valence-electron chi connectivity index (χ3n) is 1.44. The molecule has 1 aliphatic heterocycles. The minimum absolute atomic E-state index is 0.322. The average Bonchev–Trinajstić information content (AvgIpc) is 1.98. The van der Waals surface area contributed by atoms with Crippen molar-refractivity contribution in [2.75, 3.05) is 7.05 Å².